The molecule has 2 heterocycles. The normalized spacial score (nSPS) is 11.4. The molecule has 4 aromatic carbocycles. The first-order valence-corrected chi connectivity index (χ1v) is 14.9. The zero-order valence-electron chi connectivity index (χ0n) is 24.9. The third-order valence-electron chi connectivity index (χ3n) is 8.00. The summed E-state index contributed by atoms with van der Waals surface area (Å²) in [5.41, 5.74) is 3.32. The molecule has 0 saturated carbocycles. The Balaban J connectivity index is 1.08. The van der Waals surface area contributed by atoms with Gasteiger partial charge in [-0.15, -0.1) is 0 Å². The van der Waals surface area contributed by atoms with Crippen molar-refractivity contribution in [3.05, 3.63) is 103 Å². The van der Waals surface area contributed by atoms with Gasteiger partial charge in [-0.1, -0.05) is 24.3 Å². The van der Waals surface area contributed by atoms with Crippen molar-refractivity contribution in [2.45, 2.75) is 19.8 Å². The van der Waals surface area contributed by atoms with Crippen LogP contribution in [-0.2, 0) is 0 Å². The minimum Gasteiger partial charge on any atom is -0.508 e. The third-order valence-corrected chi connectivity index (χ3v) is 8.00. The molecular weight excluding hydrogens is 590 g/mol. The van der Waals surface area contributed by atoms with E-state index in [2.05, 4.69) is 20.9 Å². The quantitative estimate of drug-likeness (QED) is 0.0462. The van der Waals surface area contributed by atoms with Crippen LogP contribution in [0, 0.1) is 27.2 Å². The van der Waals surface area contributed by atoms with Crippen LogP contribution in [0.2, 0.25) is 0 Å². The van der Waals surface area contributed by atoms with Crippen molar-refractivity contribution in [1.82, 2.24) is 15.3 Å². The highest BCUT2D eigenvalue weighted by Crippen LogP contribution is 2.38. The lowest BCUT2D eigenvalue weighted by atomic mass is 10.0. The van der Waals surface area contributed by atoms with Gasteiger partial charge in [-0.2, -0.15) is 0 Å². The molecule has 13 nitrogen and oxygen atoms in total. The van der Waals surface area contributed by atoms with Crippen molar-refractivity contribution in [3.63, 3.8) is 0 Å². The zero-order chi connectivity index (χ0) is 32.4. The van der Waals surface area contributed by atoms with Gasteiger partial charge in [0.25, 0.3) is 11.4 Å². The summed E-state index contributed by atoms with van der Waals surface area (Å²) >= 11 is 0. The average Bonchev–Trinajstić information content (AvgIpc) is 3.04. The number of aromatic hydroxyl groups is 1. The molecule has 0 atom stereocenters. The summed E-state index contributed by atoms with van der Waals surface area (Å²) in [6.07, 6.45) is 1.47. The summed E-state index contributed by atoms with van der Waals surface area (Å²) in [6.45, 7) is 4.36. The number of nitrogens with zero attached hydrogens (tertiary/aromatic N) is 3. The molecule has 13 heteroatoms. The predicted molar refractivity (Wildman–Crippen MR) is 180 cm³/mol. The van der Waals surface area contributed by atoms with Gasteiger partial charge in [0.05, 0.1) is 37.5 Å². The van der Waals surface area contributed by atoms with Crippen LogP contribution in [-0.4, -0.2) is 51.1 Å². The largest absolute Gasteiger partial charge is 0.508 e. The molecule has 0 aliphatic carbocycles. The molecule has 6 aromatic rings. The number of fused-ring (bicyclic) bond motifs is 4. The van der Waals surface area contributed by atoms with Gasteiger partial charge in [0.2, 0.25) is 0 Å². The van der Waals surface area contributed by atoms with Crippen molar-refractivity contribution in [1.29, 1.82) is 0 Å². The molecule has 0 aliphatic heterocycles. The molecule has 0 fully saturated rings. The van der Waals surface area contributed by atoms with Crippen molar-refractivity contribution < 1.29 is 15.0 Å². The van der Waals surface area contributed by atoms with E-state index in [0.29, 0.717) is 60.4 Å². The smallest absolute Gasteiger partial charge is 0.293 e. The molecule has 0 spiro atoms. The number of aromatic amines is 1. The number of hydrogen-bond acceptors (Lipinski definition) is 10. The van der Waals surface area contributed by atoms with Crippen LogP contribution in [0.5, 0.6) is 5.75 Å². The number of benzene rings is 4. The number of aryl methyl sites for hydroxylation is 1. The Bertz CT molecular complexity index is 2220. The number of non-ortho nitro benzene ring substituents is 2. The van der Waals surface area contributed by atoms with E-state index >= 15 is 0 Å². The highest BCUT2D eigenvalue weighted by Gasteiger charge is 2.21. The van der Waals surface area contributed by atoms with Crippen LogP contribution in [0.15, 0.2) is 71.5 Å². The Morgan fingerprint density at radius 2 is 1.54 bits per heavy atom. The number of pyridine rings is 2. The maximum absolute atomic E-state index is 13.3. The molecule has 234 valence electrons. The van der Waals surface area contributed by atoms with E-state index in [4.69, 9.17) is 4.98 Å². The molecule has 0 aliphatic rings. The molecule has 0 bridgehead atoms. The van der Waals surface area contributed by atoms with Gasteiger partial charge in [0, 0.05) is 41.7 Å². The highest BCUT2D eigenvalue weighted by atomic mass is 16.6. The summed E-state index contributed by atoms with van der Waals surface area (Å²) in [4.78, 5) is 43.7. The minimum absolute atomic E-state index is 0.0149. The Kier molecular flexibility index (Phi) is 8.31. The number of hydrogen-bond donors (Lipinski definition) is 5. The van der Waals surface area contributed by atoms with Crippen LogP contribution in [0.1, 0.15) is 18.4 Å². The number of aromatic nitrogens is 2. The lowest BCUT2D eigenvalue weighted by Crippen LogP contribution is -2.21. The lowest BCUT2D eigenvalue weighted by molar-refractivity contribution is -0.383. The van der Waals surface area contributed by atoms with Gasteiger partial charge in [0.15, 0.2) is 5.43 Å². The first-order chi connectivity index (χ1) is 22.2. The fourth-order valence-corrected chi connectivity index (χ4v) is 5.79. The molecule has 0 amide bonds. The van der Waals surface area contributed by atoms with Gasteiger partial charge in [-0.3, -0.25) is 25.0 Å². The molecule has 0 unspecified atom stereocenters. The molecule has 46 heavy (non-hydrogen) atoms. The fraction of sp³-hybridized carbons (Fsp3) is 0.212. The van der Waals surface area contributed by atoms with Crippen molar-refractivity contribution in [2.24, 2.45) is 0 Å². The number of H-pyrrole nitrogens is 1. The number of rotatable bonds is 12. The van der Waals surface area contributed by atoms with Crippen LogP contribution < -0.4 is 21.4 Å². The molecule has 5 N–H and O–H groups in total. The fourth-order valence-electron chi connectivity index (χ4n) is 5.79. The Morgan fingerprint density at radius 3 is 2.30 bits per heavy atom. The monoisotopic (exact) mass is 621 g/mol. The maximum Gasteiger partial charge on any atom is 0.293 e. The second-order valence-corrected chi connectivity index (χ2v) is 11.0. The minimum atomic E-state index is -0.533. The van der Waals surface area contributed by atoms with Gasteiger partial charge in [-0.05, 0) is 68.8 Å². The van der Waals surface area contributed by atoms with Gasteiger partial charge < -0.3 is 26.0 Å². The Labute approximate surface area is 261 Å². The van der Waals surface area contributed by atoms with E-state index in [0.717, 1.165) is 22.9 Å². The first-order valence-electron chi connectivity index (χ1n) is 14.9. The van der Waals surface area contributed by atoms with Crippen molar-refractivity contribution in [3.8, 4) is 5.75 Å². The summed E-state index contributed by atoms with van der Waals surface area (Å²) in [7, 11) is 0. The number of nitro benzene ring substituents is 2. The van der Waals surface area contributed by atoms with Crippen molar-refractivity contribution >= 4 is 66.4 Å². The molecule has 2 aromatic heterocycles. The SMILES string of the molecule is Cc1ccc([N+](=O)[O-])c2c(NCCCNCCCNc3ccc([N+](=O)[O-])c4[nH]c5ccc(O)cc5c(=O)c34)c3ccccc3nc12. The Hall–Kier alpha value is -5.82. The molecule has 6 rings (SSSR count). The lowest BCUT2D eigenvalue weighted by Gasteiger charge is -2.15. The van der Waals surface area contributed by atoms with E-state index < -0.39 is 10.4 Å². The van der Waals surface area contributed by atoms with Crippen LogP contribution in [0.25, 0.3) is 43.6 Å². The zero-order valence-corrected chi connectivity index (χ0v) is 24.9. The predicted octanol–water partition coefficient (Wildman–Crippen LogP) is 6.11. The van der Waals surface area contributed by atoms with E-state index in [-0.39, 0.29) is 38.3 Å². The van der Waals surface area contributed by atoms with E-state index in [1.165, 1.54) is 36.4 Å². The summed E-state index contributed by atoms with van der Waals surface area (Å²) < 4.78 is 0. The van der Waals surface area contributed by atoms with E-state index in [9.17, 15) is 30.1 Å². The maximum atomic E-state index is 13.3. The number of nitro groups is 2. The van der Waals surface area contributed by atoms with Crippen LogP contribution >= 0.6 is 0 Å². The van der Waals surface area contributed by atoms with Crippen LogP contribution in [0.4, 0.5) is 22.7 Å². The Morgan fingerprint density at radius 1 is 0.826 bits per heavy atom. The summed E-state index contributed by atoms with van der Waals surface area (Å²) in [5.74, 6) is -0.0718. The van der Waals surface area contributed by atoms with E-state index in [1.807, 2.05) is 31.2 Å². The summed E-state index contributed by atoms with van der Waals surface area (Å²) in [5, 5.41) is 45.2. The molecule has 0 saturated heterocycles. The highest BCUT2D eigenvalue weighted by molar-refractivity contribution is 6.12. The van der Waals surface area contributed by atoms with Gasteiger partial charge in [-0.25, -0.2) is 4.98 Å². The summed E-state index contributed by atoms with van der Waals surface area (Å²) in [6, 6.07) is 18.0. The standard InChI is InChI=1S/C33H31N7O6/c1-19-8-12-26(39(43)44)29-30(19)37-23-7-3-2-6-21(23)31(29)36-17-5-15-34-14-4-16-35-25-11-13-27(40(45)46)32-28(25)33(42)22-18-20(41)9-10-24(22)38-32/h2-3,6-13,18,34-35,41H,4-5,14-17H2,1H3,(H,36,37)(H,38,42). The first kappa shape index (κ1) is 30.2. The third kappa shape index (κ3) is 5.71. The number of anilines is 2. The number of phenols is 1. The topological polar surface area (TPSA) is 188 Å². The van der Waals surface area contributed by atoms with E-state index in [1.54, 1.807) is 6.07 Å². The second kappa shape index (κ2) is 12.7. The number of para-hydroxylation sites is 1. The second-order valence-electron chi connectivity index (χ2n) is 11.0. The van der Waals surface area contributed by atoms with Crippen LogP contribution in [0.3, 0.4) is 0 Å². The van der Waals surface area contributed by atoms with Crippen molar-refractivity contribution in [2.75, 3.05) is 36.8 Å². The number of nitrogens with one attached hydrogen (secondary N) is 4. The number of phenolic OH excluding ortho intramolecular Hbond substituents is 1. The van der Waals surface area contributed by atoms with Gasteiger partial charge in [0.1, 0.15) is 16.7 Å². The molecule has 0 radical (unpaired) electrons. The average molecular weight is 622 g/mol. The van der Waals surface area contributed by atoms with Gasteiger partial charge >= 0.3 is 0 Å². The molecular formula is C33H31N7O6.